The first-order valence-corrected chi connectivity index (χ1v) is 3.69. The largest absolute Gasteiger partial charge is 0.318 e. The van der Waals surface area contributed by atoms with Gasteiger partial charge in [0.15, 0.2) is 0 Å². The minimum Gasteiger partial charge on any atom is -0.318 e. The van der Waals surface area contributed by atoms with Crippen LogP contribution in [0.3, 0.4) is 0 Å². The van der Waals surface area contributed by atoms with Gasteiger partial charge in [-0.25, -0.2) is 4.98 Å². The third-order valence-corrected chi connectivity index (χ3v) is 2.14. The molecule has 0 spiro atoms. The van der Waals surface area contributed by atoms with Crippen molar-refractivity contribution in [1.29, 1.82) is 5.26 Å². The Morgan fingerprint density at radius 2 is 2.45 bits per heavy atom. The molecule has 1 aliphatic rings. The predicted octanol–water partition coefficient (Wildman–Crippen LogP) is 1.20. The van der Waals surface area contributed by atoms with Gasteiger partial charge in [0.25, 0.3) is 0 Å². The van der Waals surface area contributed by atoms with Gasteiger partial charge in [-0.05, 0) is 19.8 Å². The topological polar surface area (TPSA) is 41.6 Å². The molecule has 0 saturated heterocycles. The zero-order chi connectivity index (χ0) is 7.90. The first-order chi connectivity index (χ1) is 5.27. The SMILES string of the molecule is Cc1cn(C2(C#N)CC2)cn1. The van der Waals surface area contributed by atoms with E-state index in [1.54, 1.807) is 6.33 Å². The third-order valence-electron chi connectivity index (χ3n) is 2.14. The molecule has 0 amide bonds. The lowest BCUT2D eigenvalue weighted by Crippen LogP contribution is -2.11. The standard InChI is InChI=1S/C8H9N3/c1-7-4-11(6-10-7)8(5-9)2-3-8/h4,6H,2-3H2,1H3. The Hall–Kier alpha value is -1.30. The van der Waals surface area contributed by atoms with Crippen LogP contribution < -0.4 is 0 Å². The fraction of sp³-hybridized carbons (Fsp3) is 0.500. The first-order valence-electron chi connectivity index (χ1n) is 3.69. The molecule has 11 heavy (non-hydrogen) atoms. The molecule has 56 valence electrons. The quantitative estimate of drug-likeness (QED) is 0.599. The average molecular weight is 147 g/mol. The number of imidazole rings is 1. The minimum atomic E-state index is -0.235. The average Bonchev–Trinajstić information content (AvgIpc) is 2.70. The number of nitriles is 1. The van der Waals surface area contributed by atoms with Gasteiger partial charge in [-0.15, -0.1) is 0 Å². The molecule has 1 saturated carbocycles. The Morgan fingerprint density at radius 3 is 2.82 bits per heavy atom. The van der Waals surface area contributed by atoms with Gasteiger partial charge in [-0.1, -0.05) is 0 Å². The summed E-state index contributed by atoms with van der Waals surface area (Å²) in [6, 6.07) is 2.31. The summed E-state index contributed by atoms with van der Waals surface area (Å²) in [6.07, 6.45) is 5.61. The van der Waals surface area contributed by atoms with Crippen molar-refractivity contribution in [2.24, 2.45) is 0 Å². The smallest absolute Gasteiger partial charge is 0.132 e. The van der Waals surface area contributed by atoms with Crippen LogP contribution in [0.1, 0.15) is 18.5 Å². The van der Waals surface area contributed by atoms with E-state index in [9.17, 15) is 0 Å². The monoisotopic (exact) mass is 147 g/mol. The highest BCUT2D eigenvalue weighted by Gasteiger charge is 2.44. The number of hydrogen-bond donors (Lipinski definition) is 0. The van der Waals surface area contributed by atoms with Gasteiger partial charge in [0.05, 0.1) is 18.1 Å². The second kappa shape index (κ2) is 1.85. The van der Waals surface area contributed by atoms with E-state index in [2.05, 4.69) is 11.1 Å². The summed E-state index contributed by atoms with van der Waals surface area (Å²) < 4.78 is 1.92. The summed E-state index contributed by atoms with van der Waals surface area (Å²) in [5, 5.41) is 8.82. The van der Waals surface area contributed by atoms with E-state index in [1.165, 1.54) is 0 Å². The van der Waals surface area contributed by atoms with Gasteiger partial charge < -0.3 is 4.57 Å². The molecule has 1 fully saturated rings. The van der Waals surface area contributed by atoms with E-state index in [1.807, 2.05) is 17.7 Å². The molecule has 1 aromatic heterocycles. The summed E-state index contributed by atoms with van der Waals surface area (Å²) >= 11 is 0. The molecule has 2 rings (SSSR count). The highest BCUT2D eigenvalue weighted by Crippen LogP contribution is 2.42. The van der Waals surface area contributed by atoms with Crippen molar-refractivity contribution in [3.8, 4) is 6.07 Å². The van der Waals surface area contributed by atoms with Crippen LogP contribution in [0.25, 0.3) is 0 Å². The molecule has 0 unspecified atom stereocenters. The number of hydrogen-bond acceptors (Lipinski definition) is 2. The fourth-order valence-electron chi connectivity index (χ4n) is 1.20. The van der Waals surface area contributed by atoms with Crippen LogP contribution in [0.5, 0.6) is 0 Å². The van der Waals surface area contributed by atoms with Crippen LogP contribution in [-0.4, -0.2) is 9.55 Å². The molecule has 0 aliphatic heterocycles. The van der Waals surface area contributed by atoms with E-state index in [0.29, 0.717) is 0 Å². The molecule has 0 aromatic carbocycles. The first kappa shape index (κ1) is 6.41. The van der Waals surface area contributed by atoms with Crippen LogP contribution in [0.4, 0.5) is 0 Å². The van der Waals surface area contributed by atoms with E-state index < -0.39 is 0 Å². The highest BCUT2D eigenvalue weighted by molar-refractivity contribution is 5.17. The Morgan fingerprint density at radius 1 is 1.73 bits per heavy atom. The number of aryl methyl sites for hydroxylation is 1. The maximum absolute atomic E-state index is 8.82. The summed E-state index contributed by atoms with van der Waals surface area (Å²) in [4.78, 5) is 4.08. The number of aromatic nitrogens is 2. The highest BCUT2D eigenvalue weighted by atomic mass is 15.1. The fourth-order valence-corrected chi connectivity index (χ4v) is 1.20. The summed E-state index contributed by atoms with van der Waals surface area (Å²) in [7, 11) is 0. The van der Waals surface area contributed by atoms with Gasteiger partial charge >= 0.3 is 0 Å². The van der Waals surface area contributed by atoms with Crippen molar-refractivity contribution in [1.82, 2.24) is 9.55 Å². The minimum absolute atomic E-state index is 0.235. The Bertz CT molecular complexity index is 314. The van der Waals surface area contributed by atoms with Crippen molar-refractivity contribution < 1.29 is 0 Å². The van der Waals surface area contributed by atoms with Crippen LogP contribution in [0.15, 0.2) is 12.5 Å². The van der Waals surface area contributed by atoms with Crippen molar-refractivity contribution in [3.05, 3.63) is 18.2 Å². The lowest BCUT2D eigenvalue weighted by molar-refractivity contribution is 0.608. The summed E-state index contributed by atoms with van der Waals surface area (Å²) in [6.45, 7) is 1.93. The van der Waals surface area contributed by atoms with Gasteiger partial charge in [-0.3, -0.25) is 0 Å². The normalized spacial score (nSPS) is 19.3. The molecule has 3 nitrogen and oxygen atoms in total. The van der Waals surface area contributed by atoms with E-state index in [4.69, 9.17) is 5.26 Å². The van der Waals surface area contributed by atoms with Crippen LogP contribution >= 0.6 is 0 Å². The van der Waals surface area contributed by atoms with E-state index in [-0.39, 0.29) is 5.54 Å². The van der Waals surface area contributed by atoms with Crippen LogP contribution in [0.2, 0.25) is 0 Å². The molecule has 1 aliphatic carbocycles. The lowest BCUT2D eigenvalue weighted by atomic mass is 10.3. The number of rotatable bonds is 1. The summed E-state index contributed by atoms with van der Waals surface area (Å²) in [5.74, 6) is 0. The summed E-state index contributed by atoms with van der Waals surface area (Å²) in [5.41, 5.74) is 0.743. The van der Waals surface area contributed by atoms with Crippen LogP contribution in [-0.2, 0) is 5.54 Å². The molecule has 3 heteroatoms. The predicted molar refractivity (Wildman–Crippen MR) is 39.8 cm³/mol. The molecule has 1 aromatic rings. The van der Waals surface area contributed by atoms with Crippen LogP contribution in [0, 0.1) is 18.3 Å². The molecular formula is C8H9N3. The second-order valence-corrected chi connectivity index (χ2v) is 3.07. The zero-order valence-electron chi connectivity index (χ0n) is 6.41. The van der Waals surface area contributed by atoms with Crippen molar-refractivity contribution in [2.75, 3.05) is 0 Å². The van der Waals surface area contributed by atoms with Gasteiger partial charge in [0, 0.05) is 6.20 Å². The van der Waals surface area contributed by atoms with Crippen molar-refractivity contribution >= 4 is 0 Å². The van der Waals surface area contributed by atoms with Gasteiger partial charge in [0.2, 0.25) is 0 Å². The Labute approximate surface area is 65.3 Å². The molecule has 0 bridgehead atoms. The third kappa shape index (κ3) is 0.829. The van der Waals surface area contributed by atoms with E-state index >= 15 is 0 Å². The zero-order valence-corrected chi connectivity index (χ0v) is 6.41. The Kier molecular flexibility index (Phi) is 1.08. The second-order valence-electron chi connectivity index (χ2n) is 3.07. The Balaban J connectivity index is 2.38. The number of nitrogens with zero attached hydrogens (tertiary/aromatic N) is 3. The van der Waals surface area contributed by atoms with Crippen molar-refractivity contribution in [2.45, 2.75) is 25.3 Å². The van der Waals surface area contributed by atoms with Crippen molar-refractivity contribution in [3.63, 3.8) is 0 Å². The van der Waals surface area contributed by atoms with Gasteiger partial charge in [0.1, 0.15) is 5.54 Å². The van der Waals surface area contributed by atoms with Gasteiger partial charge in [-0.2, -0.15) is 5.26 Å². The molecule has 0 radical (unpaired) electrons. The molecule has 1 heterocycles. The molecule has 0 N–H and O–H groups in total. The maximum Gasteiger partial charge on any atom is 0.132 e. The molecule has 0 atom stereocenters. The lowest BCUT2D eigenvalue weighted by Gasteiger charge is -2.04. The van der Waals surface area contributed by atoms with E-state index in [0.717, 1.165) is 18.5 Å². The maximum atomic E-state index is 8.82. The molecular weight excluding hydrogens is 138 g/mol.